The maximum atomic E-state index is 15.9. The Kier molecular flexibility index (Phi) is 5.98. The lowest BCUT2D eigenvalue weighted by Crippen LogP contribution is -2.45. The third kappa shape index (κ3) is 3.83. The van der Waals surface area contributed by atoms with Gasteiger partial charge in [0.05, 0.1) is 23.6 Å². The van der Waals surface area contributed by atoms with Crippen molar-refractivity contribution >= 4 is 22.2 Å². The molecule has 2 atom stereocenters. The van der Waals surface area contributed by atoms with E-state index in [0.717, 1.165) is 11.7 Å². The van der Waals surface area contributed by atoms with Gasteiger partial charge in [-0.3, -0.25) is 14.3 Å². The fourth-order valence-electron chi connectivity index (χ4n) is 5.13. The van der Waals surface area contributed by atoms with Crippen molar-refractivity contribution in [1.29, 1.82) is 0 Å². The largest absolute Gasteiger partial charge is 0.494 e. The van der Waals surface area contributed by atoms with E-state index in [-0.39, 0.29) is 42.1 Å². The number of nitrogens with zero attached hydrogens (tertiary/aromatic N) is 1. The molecule has 0 amide bonds. The zero-order valence-corrected chi connectivity index (χ0v) is 19.7. The second-order valence-corrected chi connectivity index (χ2v) is 10.1. The van der Waals surface area contributed by atoms with Gasteiger partial charge in [0.25, 0.3) is 12.0 Å². The number of aryl methyl sites for hydroxylation is 1. The molecular formula is C23H21F6N3O3S. The lowest BCUT2D eigenvalue weighted by Gasteiger charge is -2.30. The number of rotatable bonds is 5. The van der Waals surface area contributed by atoms with Gasteiger partial charge in [0.1, 0.15) is 17.4 Å². The van der Waals surface area contributed by atoms with Gasteiger partial charge >= 0.3 is 11.9 Å². The average Bonchev–Trinajstić information content (AvgIpc) is 3.55. The second kappa shape index (κ2) is 8.65. The van der Waals surface area contributed by atoms with Crippen molar-refractivity contribution in [3.05, 3.63) is 48.0 Å². The van der Waals surface area contributed by atoms with Gasteiger partial charge in [0, 0.05) is 16.5 Å². The SMILES string of the molecule is COc1c(-c2csc3c2CC(C(N)C(F)(F)F)CC3)c(F)c(C(F)F)c2c(=O)[nH]c(=O)n(C3CC3)c12. The van der Waals surface area contributed by atoms with E-state index < -0.39 is 58.1 Å². The van der Waals surface area contributed by atoms with Gasteiger partial charge in [0.15, 0.2) is 5.75 Å². The molecule has 2 aliphatic carbocycles. The number of thiophene rings is 1. The molecule has 0 bridgehead atoms. The van der Waals surface area contributed by atoms with Crippen molar-refractivity contribution in [2.75, 3.05) is 7.11 Å². The lowest BCUT2D eigenvalue weighted by molar-refractivity contribution is -0.159. The van der Waals surface area contributed by atoms with Crippen molar-refractivity contribution in [1.82, 2.24) is 9.55 Å². The molecule has 3 N–H and O–H groups in total. The van der Waals surface area contributed by atoms with Crippen LogP contribution in [0.4, 0.5) is 26.3 Å². The number of hydrogen-bond acceptors (Lipinski definition) is 5. The number of ether oxygens (including phenoxy) is 1. The molecule has 0 aliphatic heterocycles. The van der Waals surface area contributed by atoms with Gasteiger partial charge in [-0.05, 0) is 49.0 Å². The van der Waals surface area contributed by atoms with Gasteiger partial charge in [-0.15, -0.1) is 11.3 Å². The average molecular weight is 533 g/mol. The fraction of sp³-hybridized carbons (Fsp3) is 0.478. The minimum atomic E-state index is -4.63. The Bertz CT molecular complexity index is 1470. The number of aromatic nitrogens is 2. The van der Waals surface area contributed by atoms with Crippen molar-refractivity contribution in [3.8, 4) is 16.9 Å². The first-order valence-electron chi connectivity index (χ1n) is 11.2. The zero-order valence-electron chi connectivity index (χ0n) is 18.8. The molecule has 1 saturated carbocycles. The first kappa shape index (κ1) is 24.9. The number of nitrogens with two attached hydrogens (primary N) is 1. The number of alkyl halides is 5. The highest BCUT2D eigenvalue weighted by atomic mass is 32.1. The number of methoxy groups -OCH3 is 1. The quantitative estimate of drug-likeness (QED) is 0.460. The molecule has 0 saturated heterocycles. The molecule has 13 heteroatoms. The first-order chi connectivity index (χ1) is 17.0. The van der Waals surface area contributed by atoms with Gasteiger partial charge in [-0.1, -0.05) is 0 Å². The molecule has 1 fully saturated rings. The van der Waals surface area contributed by atoms with Crippen molar-refractivity contribution in [2.45, 2.75) is 56.8 Å². The highest BCUT2D eigenvalue weighted by molar-refractivity contribution is 7.10. The predicted molar refractivity (Wildman–Crippen MR) is 121 cm³/mol. The van der Waals surface area contributed by atoms with Crippen LogP contribution in [0.15, 0.2) is 15.0 Å². The highest BCUT2D eigenvalue weighted by Gasteiger charge is 2.44. The molecule has 194 valence electrons. The van der Waals surface area contributed by atoms with E-state index in [1.807, 2.05) is 4.98 Å². The van der Waals surface area contributed by atoms with E-state index in [0.29, 0.717) is 23.3 Å². The van der Waals surface area contributed by atoms with E-state index in [4.69, 9.17) is 10.5 Å². The summed E-state index contributed by atoms with van der Waals surface area (Å²) in [6.45, 7) is 0. The van der Waals surface area contributed by atoms with Crippen molar-refractivity contribution in [3.63, 3.8) is 0 Å². The summed E-state index contributed by atoms with van der Waals surface area (Å²) in [5.41, 5.74) is 2.09. The summed E-state index contributed by atoms with van der Waals surface area (Å²) in [5, 5.41) is 0.802. The summed E-state index contributed by atoms with van der Waals surface area (Å²) in [5.74, 6) is -2.68. The van der Waals surface area contributed by atoms with Crippen LogP contribution in [0.3, 0.4) is 0 Å². The molecule has 0 radical (unpaired) electrons. The smallest absolute Gasteiger partial charge is 0.403 e. The van der Waals surface area contributed by atoms with Gasteiger partial charge in [-0.25, -0.2) is 18.0 Å². The Morgan fingerprint density at radius 3 is 2.50 bits per heavy atom. The second-order valence-electron chi connectivity index (χ2n) is 9.14. The molecule has 0 spiro atoms. The Hall–Kier alpha value is -2.80. The summed E-state index contributed by atoms with van der Waals surface area (Å²) in [6.07, 6.45) is -6.65. The third-order valence-electron chi connectivity index (χ3n) is 6.99. The minimum Gasteiger partial charge on any atom is -0.494 e. The number of halogens is 6. The number of nitrogens with one attached hydrogen (secondary N) is 1. The van der Waals surface area contributed by atoms with Crippen LogP contribution < -0.4 is 21.7 Å². The van der Waals surface area contributed by atoms with E-state index in [2.05, 4.69) is 0 Å². The van der Waals surface area contributed by atoms with Gasteiger partial charge in [-0.2, -0.15) is 13.2 Å². The predicted octanol–water partition coefficient (Wildman–Crippen LogP) is 4.83. The standard InChI is InChI=1S/C23H21F6N3O3S/c1-35-18-13(11-7-36-12-5-2-8(6-10(11)12)19(30)23(27,28)29)16(24)14(20(25)26)15-17(18)32(9-3-4-9)22(34)31-21(15)33/h7-9,19-20H,2-6,30H2,1H3,(H,31,33,34). The maximum absolute atomic E-state index is 15.9. The fourth-order valence-corrected chi connectivity index (χ4v) is 6.22. The molecule has 36 heavy (non-hydrogen) atoms. The summed E-state index contributed by atoms with van der Waals surface area (Å²) in [6, 6.07) is -2.49. The van der Waals surface area contributed by atoms with Gasteiger partial charge in [0.2, 0.25) is 0 Å². The number of hydrogen-bond donors (Lipinski definition) is 2. The molecule has 1 aromatic carbocycles. The monoisotopic (exact) mass is 533 g/mol. The molecule has 6 nitrogen and oxygen atoms in total. The maximum Gasteiger partial charge on any atom is 0.403 e. The molecule has 3 aromatic rings. The first-order valence-corrected chi connectivity index (χ1v) is 12.1. The highest BCUT2D eigenvalue weighted by Crippen LogP contribution is 2.49. The zero-order chi connectivity index (χ0) is 26.1. The third-order valence-corrected chi connectivity index (χ3v) is 8.08. The van der Waals surface area contributed by atoms with Crippen LogP contribution in [0.5, 0.6) is 5.75 Å². The van der Waals surface area contributed by atoms with Gasteiger partial charge < -0.3 is 10.5 Å². The van der Waals surface area contributed by atoms with Crippen molar-refractivity contribution < 1.29 is 31.1 Å². The topological polar surface area (TPSA) is 90.1 Å². The molecule has 2 aliphatic rings. The van der Waals surface area contributed by atoms with Crippen LogP contribution in [-0.4, -0.2) is 28.9 Å². The Balaban J connectivity index is 1.82. The van der Waals surface area contributed by atoms with Crippen LogP contribution >= 0.6 is 11.3 Å². The normalized spacial score (nSPS) is 19.1. The molecule has 2 heterocycles. The molecule has 2 unspecified atom stereocenters. The summed E-state index contributed by atoms with van der Waals surface area (Å²) < 4.78 is 90.9. The molecule has 5 rings (SSSR count). The summed E-state index contributed by atoms with van der Waals surface area (Å²) >= 11 is 1.18. The van der Waals surface area contributed by atoms with E-state index in [1.54, 1.807) is 0 Å². The van der Waals surface area contributed by atoms with Crippen LogP contribution in [0.2, 0.25) is 0 Å². The summed E-state index contributed by atoms with van der Waals surface area (Å²) in [4.78, 5) is 28.0. The van der Waals surface area contributed by atoms with Crippen LogP contribution in [-0.2, 0) is 12.8 Å². The van der Waals surface area contributed by atoms with Crippen LogP contribution in [0.1, 0.15) is 47.7 Å². The Morgan fingerprint density at radius 1 is 1.22 bits per heavy atom. The Labute approximate surface area is 203 Å². The van der Waals surface area contributed by atoms with E-state index >= 15 is 4.39 Å². The molecule has 2 aromatic heterocycles. The molecular weight excluding hydrogens is 512 g/mol. The summed E-state index contributed by atoms with van der Waals surface area (Å²) in [7, 11) is 1.16. The lowest BCUT2D eigenvalue weighted by atomic mass is 9.80. The van der Waals surface area contributed by atoms with Crippen LogP contribution in [0, 0.1) is 11.7 Å². The number of H-pyrrole nitrogens is 1. The van der Waals surface area contributed by atoms with E-state index in [1.165, 1.54) is 16.7 Å². The Morgan fingerprint density at radius 2 is 1.92 bits per heavy atom. The number of benzene rings is 1. The minimum absolute atomic E-state index is 0.0994. The number of fused-ring (bicyclic) bond motifs is 2. The van der Waals surface area contributed by atoms with E-state index in [9.17, 15) is 31.5 Å². The van der Waals surface area contributed by atoms with Crippen LogP contribution in [0.25, 0.3) is 22.0 Å². The number of aromatic amines is 1. The van der Waals surface area contributed by atoms with Crippen molar-refractivity contribution in [2.24, 2.45) is 11.7 Å².